The van der Waals surface area contributed by atoms with Gasteiger partial charge in [0.2, 0.25) is 0 Å². The number of likely N-dealkylation sites (N-methyl/N-ethyl adjacent to an activating group) is 1. The Morgan fingerprint density at radius 1 is 1.31 bits per heavy atom. The predicted molar refractivity (Wildman–Crippen MR) is 67.5 cm³/mol. The molecule has 2 rings (SSSR count). The zero-order valence-electron chi connectivity index (χ0n) is 9.78. The van der Waals surface area contributed by atoms with Crippen molar-refractivity contribution in [1.82, 2.24) is 14.9 Å². The largest absolute Gasteiger partial charge is 0.309 e. The molecule has 1 aromatic rings. The summed E-state index contributed by atoms with van der Waals surface area (Å²) in [5, 5.41) is 7.31. The molecule has 0 bridgehead atoms. The average molecular weight is 237 g/mol. The van der Waals surface area contributed by atoms with Gasteiger partial charge in [0.05, 0.1) is 17.1 Å². The smallest absolute Gasteiger partial charge is 0.0672 e. The van der Waals surface area contributed by atoms with E-state index in [-0.39, 0.29) is 0 Å². The Bertz CT molecular complexity index is 332. The summed E-state index contributed by atoms with van der Waals surface area (Å²) in [5.41, 5.74) is 1.52. The van der Waals surface area contributed by atoms with Crippen LogP contribution in [0.15, 0.2) is 17.8 Å². The summed E-state index contributed by atoms with van der Waals surface area (Å²) in [6.07, 6.45) is 12.1. The highest BCUT2D eigenvalue weighted by molar-refractivity contribution is 7.05. The molecule has 1 heterocycles. The van der Waals surface area contributed by atoms with E-state index in [1.165, 1.54) is 60.5 Å². The van der Waals surface area contributed by atoms with Crippen molar-refractivity contribution in [2.24, 2.45) is 0 Å². The lowest BCUT2D eigenvalue weighted by atomic mass is 9.94. The number of nitrogens with one attached hydrogen (secondary N) is 1. The molecule has 0 radical (unpaired) electrons. The van der Waals surface area contributed by atoms with Crippen LogP contribution >= 0.6 is 11.5 Å². The predicted octanol–water partition coefficient (Wildman–Crippen LogP) is 3.08. The molecule has 1 aromatic heterocycles. The second-order valence-corrected chi connectivity index (χ2v) is 5.09. The molecule has 1 atom stereocenters. The fraction of sp³-hybridized carbons (Fsp3) is 0.667. The second-order valence-electron chi connectivity index (χ2n) is 4.27. The lowest BCUT2D eigenvalue weighted by Gasteiger charge is -2.19. The Morgan fingerprint density at radius 2 is 2.19 bits per heavy atom. The highest BCUT2D eigenvalue weighted by Crippen LogP contribution is 2.29. The maximum atomic E-state index is 3.95. The summed E-state index contributed by atoms with van der Waals surface area (Å²) in [5.74, 6) is 0. The number of hydrogen-bond donors (Lipinski definition) is 1. The number of nitrogens with zero attached hydrogens (tertiary/aromatic N) is 2. The first-order valence-electron chi connectivity index (χ1n) is 6.05. The Morgan fingerprint density at radius 3 is 2.94 bits per heavy atom. The van der Waals surface area contributed by atoms with Crippen molar-refractivity contribution in [1.29, 1.82) is 0 Å². The van der Waals surface area contributed by atoms with Gasteiger partial charge in [-0.15, -0.1) is 5.10 Å². The molecule has 1 aliphatic carbocycles. The van der Waals surface area contributed by atoms with E-state index in [1.807, 2.05) is 13.2 Å². The Hall–Kier alpha value is -0.740. The van der Waals surface area contributed by atoms with Gasteiger partial charge in [0, 0.05) is 0 Å². The topological polar surface area (TPSA) is 37.8 Å². The number of hydrogen-bond acceptors (Lipinski definition) is 4. The summed E-state index contributed by atoms with van der Waals surface area (Å²) in [7, 11) is 2.02. The maximum Gasteiger partial charge on any atom is 0.0672 e. The highest BCUT2D eigenvalue weighted by Gasteiger charge is 2.17. The van der Waals surface area contributed by atoms with Gasteiger partial charge in [-0.05, 0) is 44.3 Å². The van der Waals surface area contributed by atoms with E-state index in [0.29, 0.717) is 6.04 Å². The summed E-state index contributed by atoms with van der Waals surface area (Å²) in [6, 6.07) is 0.332. The van der Waals surface area contributed by atoms with E-state index < -0.39 is 0 Å². The fourth-order valence-corrected chi connectivity index (χ4v) is 2.95. The summed E-state index contributed by atoms with van der Waals surface area (Å²) in [6.45, 7) is 0. The molecule has 1 aliphatic rings. The number of rotatable bonds is 3. The quantitative estimate of drug-likeness (QED) is 0.821. The molecular weight excluding hydrogens is 218 g/mol. The van der Waals surface area contributed by atoms with Crippen LogP contribution < -0.4 is 5.32 Å². The van der Waals surface area contributed by atoms with E-state index in [2.05, 4.69) is 21.0 Å². The molecule has 4 heteroatoms. The third kappa shape index (κ3) is 2.89. The molecule has 0 fully saturated rings. The molecule has 88 valence electrons. The zero-order valence-corrected chi connectivity index (χ0v) is 10.6. The van der Waals surface area contributed by atoms with E-state index >= 15 is 0 Å². The van der Waals surface area contributed by atoms with Gasteiger partial charge in [0.15, 0.2) is 0 Å². The van der Waals surface area contributed by atoms with Crippen LogP contribution in [0.1, 0.15) is 49.4 Å². The Labute approximate surface area is 101 Å². The minimum Gasteiger partial charge on any atom is -0.309 e. The number of allylic oxidation sites excluding steroid dienone is 1. The fourth-order valence-electron chi connectivity index (χ4n) is 2.29. The standard InChI is InChI=1S/C12H19N3S/c1-13-12(11-9-14-15-16-11)10-7-5-3-2-4-6-8-10/h7,9,12-13H,2-6,8H2,1H3. The van der Waals surface area contributed by atoms with Crippen LogP contribution in [0.25, 0.3) is 0 Å². The number of aromatic nitrogens is 2. The van der Waals surface area contributed by atoms with Crippen LogP contribution in [0.3, 0.4) is 0 Å². The molecule has 0 spiro atoms. The second kappa shape index (κ2) is 6.11. The van der Waals surface area contributed by atoms with Crippen LogP contribution in [0.2, 0.25) is 0 Å². The van der Waals surface area contributed by atoms with E-state index in [9.17, 15) is 0 Å². The Balaban J connectivity index is 2.12. The first-order chi connectivity index (χ1) is 7.92. The molecule has 16 heavy (non-hydrogen) atoms. The van der Waals surface area contributed by atoms with Gasteiger partial charge >= 0.3 is 0 Å². The van der Waals surface area contributed by atoms with Crippen molar-refractivity contribution < 1.29 is 0 Å². The van der Waals surface area contributed by atoms with E-state index in [1.54, 1.807) is 0 Å². The molecule has 1 N–H and O–H groups in total. The van der Waals surface area contributed by atoms with E-state index in [0.717, 1.165) is 0 Å². The lowest BCUT2D eigenvalue weighted by molar-refractivity contribution is 0.577. The van der Waals surface area contributed by atoms with Crippen molar-refractivity contribution in [3.05, 3.63) is 22.7 Å². The van der Waals surface area contributed by atoms with Crippen molar-refractivity contribution in [3.63, 3.8) is 0 Å². The van der Waals surface area contributed by atoms with Crippen LogP contribution in [-0.2, 0) is 0 Å². The van der Waals surface area contributed by atoms with Gasteiger partial charge in [0.25, 0.3) is 0 Å². The maximum absolute atomic E-state index is 3.95. The SMILES string of the molecule is CNC(C1=CCCCCCC1)c1cnns1. The minimum absolute atomic E-state index is 0.332. The molecule has 3 nitrogen and oxygen atoms in total. The molecule has 1 unspecified atom stereocenters. The molecule has 0 amide bonds. The third-order valence-electron chi connectivity index (χ3n) is 3.15. The van der Waals surface area contributed by atoms with Crippen molar-refractivity contribution in [2.45, 2.75) is 44.6 Å². The lowest BCUT2D eigenvalue weighted by Crippen LogP contribution is -2.18. The normalized spacial score (nSPS) is 19.7. The average Bonchev–Trinajstić information content (AvgIpc) is 2.75. The molecule has 0 saturated carbocycles. The minimum atomic E-state index is 0.332. The zero-order chi connectivity index (χ0) is 11.2. The van der Waals surface area contributed by atoms with Gasteiger partial charge in [-0.2, -0.15) is 0 Å². The van der Waals surface area contributed by atoms with E-state index in [4.69, 9.17) is 0 Å². The molecule has 0 aliphatic heterocycles. The van der Waals surface area contributed by atoms with Crippen LogP contribution in [0.5, 0.6) is 0 Å². The van der Waals surface area contributed by atoms with Gasteiger partial charge < -0.3 is 5.32 Å². The molecular formula is C12H19N3S. The van der Waals surface area contributed by atoms with Crippen molar-refractivity contribution in [2.75, 3.05) is 7.05 Å². The van der Waals surface area contributed by atoms with Crippen molar-refractivity contribution >= 4 is 11.5 Å². The van der Waals surface area contributed by atoms with Gasteiger partial charge in [-0.25, -0.2) is 0 Å². The van der Waals surface area contributed by atoms with Gasteiger partial charge in [0.1, 0.15) is 0 Å². The summed E-state index contributed by atoms with van der Waals surface area (Å²) in [4.78, 5) is 1.23. The van der Waals surface area contributed by atoms with Crippen LogP contribution in [0, 0.1) is 0 Å². The monoisotopic (exact) mass is 237 g/mol. The molecule has 0 saturated heterocycles. The van der Waals surface area contributed by atoms with Crippen molar-refractivity contribution in [3.8, 4) is 0 Å². The first-order valence-corrected chi connectivity index (χ1v) is 6.82. The van der Waals surface area contributed by atoms with Crippen LogP contribution in [0.4, 0.5) is 0 Å². The van der Waals surface area contributed by atoms with Crippen LogP contribution in [-0.4, -0.2) is 16.6 Å². The van der Waals surface area contributed by atoms with Gasteiger partial charge in [-0.3, -0.25) is 0 Å². The third-order valence-corrected chi connectivity index (χ3v) is 3.88. The van der Waals surface area contributed by atoms with Gasteiger partial charge in [-0.1, -0.05) is 29.0 Å². The summed E-state index contributed by atoms with van der Waals surface area (Å²) < 4.78 is 3.95. The molecule has 0 aromatic carbocycles. The first kappa shape index (κ1) is 11.7. The Kier molecular flexibility index (Phi) is 4.48. The highest BCUT2D eigenvalue weighted by atomic mass is 32.1. The summed E-state index contributed by atoms with van der Waals surface area (Å²) >= 11 is 1.50.